The largest absolute Gasteiger partial charge is 0.346 e. The molecule has 0 amide bonds. The van der Waals surface area contributed by atoms with Crippen molar-refractivity contribution in [3.05, 3.63) is 66.4 Å². The van der Waals surface area contributed by atoms with Gasteiger partial charge in [0.05, 0.1) is 5.69 Å². The van der Waals surface area contributed by atoms with E-state index in [2.05, 4.69) is 43.4 Å². The molecule has 0 saturated carbocycles. The number of rotatable bonds is 4. The zero-order valence-electron chi connectivity index (χ0n) is 16.0. The molecule has 1 fully saturated rings. The summed E-state index contributed by atoms with van der Waals surface area (Å²) in [7, 11) is 1.99. The van der Waals surface area contributed by atoms with Crippen molar-refractivity contribution in [3.63, 3.8) is 0 Å². The van der Waals surface area contributed by atoms with E-state index in [1.165, 1.54) is 29.4 Å². The van der Waals surface area contributed by atoms with E-state index >= 15 is 0 Å². The summed E-state index contributed by atoms with van der Waals surface area (Å²) < 4.78 is 1.91. The highest BCUT2D eigenvalue weighted by molar-refractivity contribution is 5.80. The summed E-state index contributed by atoms with van der Waals surface area (Å²) in [4.78, 5) is 14.4. The van der Waals surface area contributed by atoms with Crippen LogP contribution in [0.25, 0.3) is 22.3 Å². The second-order valence-electron chi connectivity index (χ2n) is 7.61. The standard InChI is InChI=1S/C22H24N6/c1-27-14-18(21(26-27)17-4-9-23-10-5-17)15-28-11-6-16(7-12-28)20-13-25-22-19(20)3-2-8-24-22/h2-5,8-10,13-14,16H,6-7,11-12,15H2,1H3,(H,24,25). The van der Waals surface area contributed by atoms with Gasteiger partial charge in [0.2, 0.25) is 0 Å². The van der Waals surface area contributed by atoms with Crippen molar-refractivity contribution in [2.24, 2.45) is 7.05 Å². The first kappa shape index (κ1) is 17.1. The highest BCUT2D eigenvalue weighted by Crippen LogP contribution is 2.33. The molecule has 28 heavy (non-hydrogen) atoms. The van der Waals surface area contributed by atoms with Crippen LogP contribution in [-0.2, 0) is 13.6 Å². The Labute approximate surface area is 164 Å². The third-order valence-corrected chi connectivity index (χ3v) is 5.76. The molecule has 0 bridgehead atoms. The monoisotopic (exact) mass is 372 g/mol. The SMILES string of the molecule is Cn1cc(CN2CCC(c3c[nH]c4ncccc34)CC2)c(-c2ccncc2)n1. The van der Waals surface area contributed by atoms with Gasteiger partial charge in [0.15, 0.2) is 0 Å². The zero-order chi connectivity index (χ0) is 18.9. The molecule has 0 atom stereocenters. The Balaban J connectivity index is 1.30. The topological polar surface area (TPSA) is 62.6 Å². The molecule has 6 nitrogen and oxygen atoms in total. The van der Waals surface area contributed by atoms with Crippen LogP contribution in [0.3, 0.4) is 0 Å². The van der Waals surface area contributed by atoms with Gasteiger partial charge in [0.25, 0.3) is 0 Å². The van der Waals surface area contributed by atoms with Gasteiger partial charge in [-0.3, -0.25) is 14.6 Å². The maximum atomic E-state index is 4.69. The number of H-pyrrole nitrogens is 1. The fourth-order valence-electron chi connectivity index (χ4n) is 4.36. The fraction of sp³-hybridized carbons (Fsp3) is 0.318. The van der Waals surface area contributed by atoms with Crippen LogP contribution in [-0.4, -0.2) is 42.7 Å². The highest BCUT2D eigenvalue weighted by atomic mass is 15.3. The molecule has 0 aromatic carbocycles. The summed E-state index contributed by atoms with van der Waals surface area (Å²) >= 11 is 0. The lowest BCUT2D eigenvalue weighted by atomic mass is 9.89. The van der Waals surface area contributed by atoms with E-state index in [1.807, 2.05) is 48.5 Å². The minimum atomic E-state index is 0.600. The van der Waals surface area contributed by atoms with Crippen molar-refractivity contribution in [2.45, 2.75) is 25.3 Å². The van der Waals surface area contributed by atoms with E-state index in [0.29, 0.717) is 5.92 Å². The summed E-state index contributed by atoms with van der Waals surface area (Å²) in [6.07, 6.45) is 12.2. The van der Waals surface area contributed by atoms with Crippen molar-refractivity contribution in [2.75, 3.05) is 13.1 Å². The molecule has 0 radical (unpaired) electrons. The van der Waals surface area contributed by atoms with Crippen molar-refractivity contribution in [1.82, 2.24) is 29.6 Å². The Morgan fingerprint density at radius 3 is 2.75 bits per heavy atom. The average molecular weight is 372 g/mol. The number of aromatic nitrogens is 5. The first-order valence-corrected chi connectivity index (χ1v) is 9.85. The Morgan fingerprint density at radius 1 is 1.11 bits per heavy atom. The molecule has 6 heteroatoms. The van der Waals surface area contributed by atoms with Gasteiger partial charge in [-0.25, -0.2) is 4.98 Å². The summed E-state index contributed by atoms with van der Waals surface area (Å²) in [5, 5.41) is 5.96. The van der Waals surface area contributed by atoms with Crippen LogP contribution >= 0.6 is 0 Å². The third-order valence-electron chi connectivity index (χ3n) is 5.76. The summed E-state index contributed by atoms with van der Waals surface area (Å²) in [5.41, 5.74) is 5.89. The molecule has 4 aromatic heterocycles. The van der Waals surface area contributed by atoms with E-state index in [9.17, 15) is 0 Å². The first-order chi connectivity index (χ1) is 13.8. The van der Waals surface area contributed by atoms with Crippen molar-refractivity contribution >= 4 is 11.0 Å². The Kier molecular flexibility index (Phi) is 4.41. The molecule has 142 valence electrons. The molecular formula is C22H24N6. The van der Waals surface area contributed by atoms with E-state index in [1.54, 1.807) is 0 Å². The molecular weight excluding hydrogens is 348 g/mol. The Bertz CT molecular complexity index is 1070. The minimum absolute atomic E-state index is 0.600. The highest BCUT2D eigenvalue weighted by Gasteiger charge is 2.24. The lowest BCUT2D eigenvalue weighted by Crippen LogP contribution is -2.32. The van der Waals surface area contributed by atoms with Gasteiger partial charge in [-0.2, -0.15) is 5.10 Å². The maximum absolute atomic E-state index is 4.69. The van der Waals surface area contributed by atoms with E-state index in [4.69, 9.17) is 0 Å². The summed E-state index contributed by atoms with van der Waals surface area (Å²) in [6, 6.07) is 8.27. The number of likely N-dealkylation sites (tertiary alicyclic amines) is 1. The summed E-state index contributed by atoms with van der Waals surface area (Å²) in [5.74, 6) is 0.600. The maximum Gasteiger partial charge on any atom is 0.137 e. The molecule has 1 aliphatic rings. The van der Waals surface area contributed by atoms with Gasteiger partial charge in [0, 0.05) is 61.1 Å². The summed E-state index contributed by atoms with van der Waals surface area (Å²) in [6.45, 7) is 3.14. The van der Waals surface area contributed by atoms with Gasteiger partial charge in [-0.15, -0.1) is 0 Å². The van der Waals surface area contributed by atoms with Crippen LogP contribution in [0.5, 0.6) is 0 Å². The quantitative estimate of drug-likeness (QED) is 0.593. The number of aromatic amines is 1. The molecule has 1 aliphatic heterocycles. The number of nitrogens with one attached hydrogen (secondary N) is 1. The number of hydrogen-bond donors (Lipinski definition) is 1. The fourth-order valence-corrected chi connectivity index (χ4v) is 4.36. The lowest BCUT2D eigenvalue weighted by Gasteiger charge is -2.31. The van der Waals surface area contributed by atoms with E-state index in [-0.39, 0.29) is 0 Å². The number of hydrogen-bond acceptors (Lipinski definition) is 4. The van der Waals surface area contributed by atoms with Crippen LogP contribution in [0.1, 0.15) is 29.9 Å². The number of nitrogens with zero attached hydrogens (tertiary/aromatic N) is 5. The Morgan fingerprint density at radius 2 is 1.93 bits per heavy atom. The Hall–Kier alpha value is -2.99. The molecule has 4 aromatic rings. The van der Waals surface area contributed by atoms with Gasteiger partial charge in [-0.05, 0) is 61.7 Å². The van der Waals surface area contributed by atoms with Gasteiger partial charge < -0.3 is 4.98 Å². The lowest BCUT2D eigenvalue weighted by molar-refractivity contribution is 0.205. The van der Waals surface area contributed by atoms with Crippen molar-refractivity contribution < 1.29 is 0 Å². The smallest absolute Gasteiger partial charge is 0.137 e. The van der Waals surface area contributed by atoms with Gasteiger partial charge in [-0.1, -0.05) is 0 Å². The van der Waals surface area contributed by atoms with Crippen LogP contribution in [0.2, 0.25) is 0 Å². The van der Waals surface area contributed by atoms with Crippen LogP contribution in [0.15, 0.2) is 55.2 Å². The second-order valence-corrected chi connectivity index (χ2v) is 7.61. The predicted molar refractivity (Wildman–Crippen MR) is 110 cm³/mol. The van der Waals surface area contributed by atoms with Crippen LogP contribution in [0, 0.1) is 0 Å². The van der Waals surface area contributed by atoms with Gasteiger partial charge >= 0.3 is 0 Å². The zero-order valence-corrected chi connectivity index (χ0v) is 16.0. The minimum Gasteiger partial charge on any atom is -0.346 e. The number of pyridine rings is 2. The molecule has 5 heterocycles. The normalized spacial score (nSPS) is 16.0. The molecule has 5 rings (SSSR count). The second kappa shape index (κ2) is 7.20. The first-order valence-electron chi connectivity index (χ1n) is 9.85. The molecule has 0 aliphatic carbocycles. The predicted octanol–water partition coefficient (Wildman–Crippen LogP) is 3.74. The van der Waals surface area contributed by atoms with E-state index in [0.717, 1.165) is 36.5 Å². The number of aryl methyl sites for hydroxylation is 1. The molecule has 1 N–H and O–H groups in total. The molecule has 0 spiro atoms. The van der Waals surface area contributed by atoms with Crippen molar-refractivity contribution in [3.8, 4) is 11.3 Å². The number of fused-ring (bicyclic) bond motifs is 1. The average Bonchev–Trinajstić information content (AvgIpc) is 3.33. The van der Waals surface area contributed by atoms with E-state index < -0.39 is 0 Å². The van der Waals surface area contributed by atoms with Crippen molar-refractivity contribution in [1.29, 1.82) is 0 Å². The number of piperidine rings is 1. The molecule has 1 saturated heterocycles. The van der Waals surface area contributed by atoms with Crippen LogP contribution < -0.4 is 0 Å². The third kappa shape index (κ3) is 3.20. The molecule has 0 unspecified atom stereocenters. The van der Waals surface area contributed by atoms with Gasteiger partial charge in [0.1, 0.15) is 5.65 Å². The van der Waals surface area contributed by atoms with Crippen LogP contribution in [0.4, 0.5) is 0 Å².